The molecular weight excluding hydrogens is 1010 g/mol. The number of ether oxygens (including phenoxy) is 11. The zero-order chi connectivity index (χ0) is 55.6. The second kappa shape index (κ2) is 23.4. The maximum atomic E-state index is 15.0. The van der Waals surface area contributed by atoms with Gasteiger partial charge in [0.25, 0.3) is 0 Å². The molecule has 24 nitrogen and oxygen atoms in total. The number of hydrogen-bond donors (Lipinski definition) is 11. The van der Waals surface area contributed by atoms with Crippen molar-refractivity contribution in [1.29, 1.82) is 0 Å². The van der Waals surface area contributed by atoms with Crippen LogP contribution >= 0.6 is 0 Å². The van der Waals surface area contributed by atoms with Crippen LogP contribution in [0, 0.1) is 12.8 Å². The van der Waals surface area contributed by atoms with Crippen molar-refractivity contribution in [2.75, 3.05) is 7.11 Å². The molecule has 5 aliphatic heterocycles. The fourth-order valence-corrected chi connectivity index (χ4v) is 11.4. The van der Waals surface area contributed by atoms with Crippen LogP contribution in [0.5, 0.6) is 17.2 Å². The molecule has 11 N–H and O–H groups in total. The topological polar surface area (TPSA) is 358 Å². The van der Waals surface area contributed by atoms with Crippen molar-refractivity contribution in [2.24, 2.45) is 5.92 Å². The molecule has 25 atom stereocenters. The maximum Gasteiger partial charge on any atom is 0.202 e. The summed E-state index contributed by atoms with van der Waals surface area (Å²) in [5.41, 5.74) is -1.44. The first-order valence-corrected chi connectivity index (χ1v) is 26.0. The molecule has 428 valence electrons. The van der Waals surface area contributed by atoms with Gasteiger partial charge >= 0.3 is 0 Å². The predicted octanol–water partition coefficient (Wildman–Crippen LogP) is -0.249. The van der Waals surface area contributed by atoms with Crippen molar-refractivity contribution in [2.45, 2.75) is 241 Å². The van der Waals surface area contributed by atoms with Gasteiger partial charge in [0, 0.05) is 50.7 Å². The smallest absolute Gasteiger partial charge is 0.202 e. The van der Waals surface area contributed by atoms with Crippen LogP contribution in [-0.2, 0) is 58.6 Å². The van der Waals surface area contributed by atoms with Crippen LogP contribution in [0.2, 0.25) is 0 Å². The highest BCUT2D eigenvalue weighted by molar-refractivity contribution is 6.11. The molecule has 24 heteroatoms. The van der Waals surface area contributed by atoms with Crippen LogP contribution in [-0.4, -0.2) is 222 Å². The van der Waals surface area contributed by atoms with E-state index in [9.17, 15) is 65.8 Å². The highest BCUT2D eigenvalue weighted by Gasteiger charge is 2.51. The standard InChI is InChI=1S/C52H76O24/c1-18-30(72-35-15-31(43(59)21(4)68-35)73-33-13-28(54)42(58)20(3)67-33)12-26-10-25-11-27(49(66-9)47(63)41(57)19(2)53)50(46(62)39(25)45(61)38(26)40(18)56)75-36-16-32(44(60)22(5)69-36)74-34-14-29(55)48(23(6)70-34)76-37-17-52(8,65)51(64)24(7)71-37/h10,12,19-24,27-29,31-37,41-44,48-51,53-61,64-65H,11,13-17H2,1-9H3/t19-,20+,21+,22-,23+,24+,27+,28+,29+,31-,32-,33-,34+,35-,36-,37-,41+,42+,43+,44-,48-,49-,50-,51+,52-/m0/s1. The Hall–Kier alpha value is -3.32. The summed E-state index contributed by atoms with van der Waals surface area (Å²) in [6, 6.07) is 3.03. The van der Waals surface area contributed by atoms with Gasteiger partial charge in [-0.3, -0.25) is 9.59 Å². The van der Waals surface area contributed by atoms with Gasteiger partial charge in [-0.25, -0.2) is 0 Å². The van der Waals surface area contributed by atoms with Gasteiger partial charge in [-0.15, -0.1) is 0 Å². The molecule has 0 bridgehead atoms. The number of rotatable bonds is 15. The van der Waals surface area contributed by atoms with Gasteiger partial charge in [-0.1, -0.05) is 0 Å². The third-order valence-electron chi connectivity index (χ3n) is 15.9. The molecule has 0 aromatic heterocycles. The Morgan fingerprint density at radius 3 is 1.80 bits per heavy atom. The van der Waals surface area contributed by atoms with Crippen LogP contribution in [0.3, 0.4) is 0 Å². The average Bonchev–Trinajstić information content (AvgIpc) is 3.38. The van der Waals surface area contributed by atoms with Gasteiger partial charge < -0.3 is 108 Å². The molecular formula is C52H76O24. The molecule has 0 unspecified atom stereocenters. The molecule has 1 aliphatic carbocycles. The molecule has 2 aromatic carbocycles. The van der Waals surface area contributed by atoms with Crippen molar-refractivity contribution >= 4 is 22.3 Å². The van der Waals surface area contributed by atoms with Crippen molar-refractivity contribution in [3.63, 3.8) is 0 Å². The number of hydrogen-bond acceptors (Lipinski definition) is 24. The predicted molar refractivity (Wildman–Crippen MR) is 259 cm³/mol. The third-order valence-corrected chi connectivity index (χ3v) is 15.9. The number of fused-ring (bicyclic) bond motifs is 2. The van der Waals surface area contributed by atoms with E-state index < -0.39 is 176 Å². The third kappa shape index (κ3) is 11.9. The number of aromatic hydroxyl groups is 2. The number of aliphatic hydroxyl groups is 9. The molecule has 0 saturated carbocycles. The summed E-state index contributed by atoms with van der Waals surface area (Å²) in [6.45, 7) is 12.1. The lowest BCUT2D eigenvalue weighted by molar-refractivity contribution is -0.337. The number of phenolic OH excluding ortho intramolecular Hbond substituents is 2. The van der Waals surface area contributed by atoms with Crippen molar-refractivity contribution < 1.29 is 118 Å². The van der Waals surface area contributed by atoms with Crippen LogP contribution in [0.25, 0.3) is 10.8 Å². The number of phenols is 2. The van der Waals surface area contributed by atoms with E-state index in [-0.39, 0.29) is 71.7 Å². The number of aliphatic hydroxyl groups excluding tert-OH is 8. The van der Waals surface area contributed by atoms with E-state index in [0.717, 1.165) is 0 Å². The lowest BCUT2D eigenvalue weighted by atomic mass is 9.75. The summed E-state index contributed by atoms with van der Waals surface area (Å²) in [6.07, 6.45) is -26.9. The zero-order valence-electron chi connectivity index (χ0n) is 44.0. The van der Waals surface area contributed by atoms with E-state index in [4.69, 9.17) is 52.1 Å². The summed E-state index contributed by atoms with van der Waals surface area (Å²) < 4.78 is 66.4. The maximum absolute atomic E-state index is 15.0. The number of ketones is 2. The van der Waals surface area contributed by atoms with Crippen molar-refractivity contribution in [3.8, 4) is 17.2 Å². The highest BCUT2D eigenvalue weighted by atomic mass is 16.7. The second-order valence-corrected chi connectivity index (χ2v) is 21.7. The molecule has 5 heterocycles. The summed E-state index contributed by atoms with van der Waals surface area (Å²) in [5, 5.41) is 120. The molecule has 6 aliphatic rings. The summed E-state index contributed by atoms with van der Waals surface area (Å²) in [5.74, 6) is -4.06. The number of methoxy groups -OCH3 is 1. The number of carbonyl (C=O) groups is 2. The molecule has 8 rings (SSSR count). The Morgan fingerprint density at radius 2 is 1.24 bits per heavy atom. The number of benzene rings is 2. The van der Waals surface area contributed by atoms with Crippen LogP contribution in [0.15, 0.2) is 12.1 Å². The Balaban J connectivity index is 1.02. The van der Waals surface area contributed by atoms with E-state index >= 15 is 0 Å². The van der Waals surface area contributed by atoms with Gasteiger partial charge in [0.2, 0.25) is 6.29 Å². The fraction of sp³-hybridized carbons (Fsp3) is 0.769. The van der Waals surface area contributed by atoms with E-state index in [1.807, 2.05) is 0 Å². The number of carbonyl (C=O) groups excluding carboxylic acids is 2. The minimum Gasteiger partial charge on any atom is -0.507 e. The van der Waals surface area contributed by atoms with Crippen LogP contribution in [0.4, 0.5) is 0 Å². The Morgan fingerprint density at radius 1 is 0.697 bits per heavy atom. The first-order valence-electron chi connectivity index (χ1n) is 26.0. The minimum absolute atomic E-state index is 0.0355. The fourth-order valence-electron chi connectivity index (χ4n) is 11.4. The van der Waals surface area contributed by atoms with Gasteiger partial charge in [0.05, 0.1) is 77.6 Å². The van der Waals surface area contributed by atoms with Gasteiger partial charge in [-0.05, 0) is 84.9 Å². The highest BCUT2D eigenvalue weighted by Crippen LogP contribution is 2.47. The molecule has 2 aromatic rings. The van der Waals surface area contributed by atoms with E-state index in [2.05, 4.69) is 0 Å². The second-order valence-electron chi connectivity index (χ2n) is 21.7. The monoisotopic (exact) mass is 1080 g/mol. The SMILES string of the molecule is CO[C@H](C(=O)[C@H](O)[C@H](C)O)[C@H]1Cc2cc3cc(O[C@H]4C[C@H](O[C@H]5C[C@@H](O)[C@H](O)[C@@H](C)O5)[C@H](O)[C@@H](C)O4)c(C)c(O)c3c(O)c2C(=O)[C@H]1O[C@H]1C[C@H](O[C@@H]2C[C@@H](O)[C@@H](O[C@H]3C[C@](C)(O)[C@H](O)[C@@H](C)O3)[C@@H](C)O2)[C@@H](O)[C@H](C)O1. The lowest BCUT2D eigenvalue weighted by Crippen LogP contribution is -2.58. The Labute approximate surface area is 439 Å². The number of Topliss-reactive ketones (excluding diaryl/α,β-unsaturated/α-hetero) is 2. The van der Waals surface area contributed by atoms with Gasteiger partial charge in [0.15, 0.2) is 36.7 Å². The first kappa shape index (κ1) is 58.8. The largest absolute Gasteiger partial charge is 0.507 e. The summed E-state index contributed by atoms with van der Waals surface area (Å²) in [7, 11) is 1.18. The molecule has 76 heavy (non-hydrogen) atoms. The van der Waals surface area contributed by atoms with Crippen molar-refractivity contribution in [1.82, 2.24) is 0 Å². The van der Waals surface area contributed by atoms with E-state index in [0.29, 0.717) is 0 Å². The van der Waals surface area contributed by atoms with Crippen molar-refractivity contribution in [3.05, 3.63) is 28.8 Å². The average molecular weight is 1090 g/mol. The summed E-state index contributed by atoms with van der Waals surface area (Å²) >= 11 is 0. The van der Waals surface area contributed by atoms with Gasteiger partial charge in [0.1, 0.15) is 66.1 Å². The van der Waals surface area contributed by atoms with Gasteiger partial charge in [-0.2, -0.15) is 0 Å². The molecule has 5 fully saturated rings. The first-order chi connectivity index (χ1) is 35.7. The quantitative estimate of drug-likeness (QED) is 0.110. The molecule has 0 spiro atoms. The zero-order valence-corrected chi connectivity index (χ0v) is 44.0. The molecule has 0 radical (unpaired) electrons. The lowest BCUT2D eigenvalue weighted by Gasteiger charge is -2.46. The molecule has 0 amide bonds. The normalized spacial score (nSPS) is 42.5. The Bertz CT molecular complexity index is 2340. The van der Waals surface area contributed by atoms with Crippen LogP contribution in [0.1, 0.15) is 102 Å². The van der Waals surface area contributed by atoms with E-state index in [1.54, 1.807) is 27.7 Å². The summed E-state index contributed by atoms with van der Waals surface area (Å²) in [4.78, 5) is 28.9. The Kier molecular flexibility index (Phi) is 18.1. The van der Waals surface area contributed by atoms with E-state index in [1.165, 1.54) is 46.9 Å². The van der Waals surface area contributed by atoms with Crippen LogP contribution < -0.4 is 4.74 Å². The molecule has 5 saturated heterocycles. The minimum atomic E-state index is -1.94.